The normalized spacial score (nSPS) is 28.2. The van der Waals surface area contributed by atoms with Crippen molar-refractivity contribution in [2.24, 2.45) is 11.8 Å². The van der Waals surface area contributed by atoms with Gasteiger partial charge in [0.05, 0.1) is 11.8 Å². The summed E-state index contributed by atoms with van der Waals surface area (Å²) in [5.41, 5.74) is 3.30. The van der Waals surface area contributed by atoms with Crippen LogP contribution in [0, 0.1) is 11.8 Å². The first kappa shape index (κ1) is 30.2. The second kappa shape index (κ2) is 13.1. The number of carbonyl (C=O) groups is 4. The van der Waals surface area contributed by atoms with Crippen molar-refractivity contribution < 1.29 is 19.2 Å². The molecule has 238 valence electrons. The van der Waals surface area contributed by atoms with Gasteiger partial charge >= 0.3 is 0 Å². The zero-order valence-corrected chi connectivity index (χ0v) is 25.9. The molecule has 2 aliphatic carbocycles. The van der Waals surface area contributed by atoms with Crippen LogP contribution < -0.4 is 21.3 Å². The largest absolute Gasteiger partial charge is 0.352 e. The van der Waals surface area contributed by atoms with Gasteiger partial charge in [-0.05, 0) is 67.6 Å². The molecule has 7 atom stereocenters. The molecule has 2 saturated heterocycles. The maximum atomic E-state index is 13.7. The number of piperidine rings is 1. The van der Waals surface area contributed by atoms with Crippen LogP contribution in [0.4, 0.5) is 0 Å². The summed E-state index contributed by atoms with van der Waals surface area (Å²) >= 11 is 0. The van der Waals surface area contributed by atoms with Gasteiger partial charge in [-0.3, -0.25) is 19.2 Å². The monoisotopic (exact) mass is 619 g/mol. The Balaban J connectivity index is 1.02. The van der Waals surface area contributed by atoms with Crippen molar-refractivity contribution in [2.45, 2.75) is 55.6 Å². The first-order valence-corrected chi connectivity index (χ1v) is 16.6. The number of nitrogens with one attached hydrogen (secondary N) is 4. The molecule has 0 spiro atoms. The number of hydrogen-bond acceptors (Lipinski definition) is 5. The Morgan fingerprint density at radius 2 is 1.17 bits per heavy atom. The van der Waals surface area contributed by atoms with Crippen molar-refractivity contribution in [3.8, 4) is 0 Å². The first-order valence-electron chi connectivity index (χ1n) is 16.6. The predicted molar refractivity (Wildman–Crippen MR) is 174 cm³/mol. The highest BCUT2D eigenvalue weighted by atomic mass is 16.2. The zero-order valence-electron chi connectivity index (χ0n) is 25.9. The smallest absolute Gasteiger partial charge is 0.253 e. The minimum atomic E-state index is -0.649. The highest BCUT2D eigenvalue weighted by molar-refractivity contribution is 5.99. The Bertz CT molecular complexity index is 1500. The van der Waals surface area contributed by atoms with Crippen LogP contribution in [0.3, 0.4) is 0 Å². The zero-order chi connectivity index (χ0) is 31.6. The highest BCUT2D eigenvalue weighted by Gasteiger charge is 2.48. The molecule has 2 aliphatic heterocycles. The number of rotatable bonds is 9. The van der Waals surface area contributed by atoms with E-state index in [4.69, 9.17) is 0 Å². The number of carbonyl (C=O) groups excluding carboxylic acids is 4. The van der Waals surface area contributed by atoms with Crippen LogP contribution in [0.1, 0.15) is 69.4 Å². The molecule has 0 radical (unpaired) electrons. The predicted octanol–water partition coefficient (Wildman–Crippen LogP) is 3.20. The van der Waals surface area contributed by atoms with Gasteiger partial charge < -0.3 is 26.2 Å². The summed E-state index contributed by atoms with van der Waals surface area (Å²) in [6.07, 6.45) is 3.68. The molecule has 4 aliphatic rings. The van der Waals surface area contributed by atoms with E-state index in [0.29, 0.717) is 11.1 Å². The Morgan fingerprint density at radius 3 is 1.67 bits per heavy atom. The summed E-state index contributed by atoms with van der Waals surface area (Å²) in [6, 6.07) is 27.0. The summed E-state index contributed by atoms with van der Waals surface area (Å²) in [7, 11) is 0. The Labute approximate surface area is 269 Å². The molecule has 0 unspecified atom stereocenters. The van der Waals surface area contributed by atoms with Gasteiger partial charge in [-0.25, -0.2) is 0 Å². The third-order valence-corrected chi connectivity index (χ3v) is 10.00. The Hall–Kier alpha value is -4.50. The lowest BCUT2D eigenvalue weighted by Crippen LogP contribution is -2.45. The maximum Gasteiger partial charge on any atom is 0.253 e. The summed E-state index contributed by atoms with van der Waals surface area (Å²) < 4.78 is 0. The molecular weight excluding hydrogens is 578 g/mol. The average molecular weight is 620 g/mol. The third-order valence-electron chi connectivity index (χ3n) is 10.00. The fourth-order valence-electron chi connectivity index (χ4n) is 7.12. The second-order valence-electron chi connectivity index (χ2n) is 13.3. The van der Waals surface area contributed by atoms with Crippen LogP contribution in [0.2, 0.25) is 0 Å². The quantitative estimate of drug-likeness (QED) is 0.293. The third kappa shape index (κ3) is 6.70. The van der Waals surface area contributed by atoms with Crippen molar-refractivity contribution in [3.05, 3.63) is 107 Å². The molecule has 3 aromatic rings. The van der Waals surface area contributed by atoms with Gasteiger partial charge in [0, 0.05) is 60.7 Å². The number of amides is 4. The van der Waals surface area contributed by atoms with Crippen molar-refractivity contribution >= 4 is 23.6 Å². The van der Waals surface area contributed by atoms with E-state index < -0.39 is 11.8 Å². The van der Waals surface area contributed by atoms with E-state index in [1.165, 1.54) is 11.1 Å². The summed E-state index contributed by atoms with van der Waals surface area (Å²) in [6.45, 7) is 2.04. The van der Waals surface area contributed by atoms with Gasteiger partial charge in [0.2, 0.25) is 11.8 Å². The fraction of sp³-hybridized carbons (Fsp3) is 0.405. The van der Waals surface area contributed by atoms with E-state index in [9.17, 15) is 19.2 Å². The van der Waals surface area contributed by atoms with Gasteiger partial charge in [0.15, 0.2) is 0 Å². The molecule has 7 rings (SSSR count). The van der Waals surface area contributed by atoms with Gasteiger partial charge in [-0.1, -0.05) is 60.7 Å². The minimum absolute atomic E-state index is 0.0253. The lowest BCUT2D eigenvalue weighted by Gasteiger charge is -2.23. The minimum Gasteiger partial charge on any atom is -0.352 e. The molecule has 2 heterocycles. The standard InChI is InChI=1S/C37H41N5O4/c43-34(39-27-12-7-17-38-20-27)25-13-15-26(16-14-25)37(46)42-21-30(35(44)40-32-18-28(32)23-8-3-1-4-9-23)31(22-42)36(45)41-33-19-29(33)24-10-5-2-6-11-24/h1-6,8-11,13-16,27-33,38H,7,12,17-22H2,(H,39,43)(H,40,44)(H,41,45)/t27-,28+,29+,30+,31+,32-,33-/m0/s1. The van der Waals surface area contributed by atoms with Gasteiger partial charge in [0.25, 0.3) is 11.8 Å². The van der Waals surface area contributed by atoms with E-state index in [1.54, 1.807) is 29.2 Å². The van der Waals surface area contributed by atoms with Crippen LogP contribution >= 0.6 is 0 Å². The van der Waals surface area contributed by atoms with E-state index in [2.05, 4.69) is 45.5 Å². The lowest BCUT2D eigenvalue weighted by atomic mass is 9.94. The second-order valence-corrected chi connectivity index (χ2v) is 13.3. The molecule has 2 saturated carbocycles. The van der Waals surface area contributed by atoms with Crippen molar-refractivity contribution in [1.82, 2.24) is 26.2 Å². The molecule has 0 bridgehead atoms. The molecule has 4 N–H and O–H groups in total. The SMILES string of the molecule is O=C(N[C@H]1CCCNC1)c1ccc(C(=O)N2C[C@@H](C(=O)N[C@H]3C[C@@H]3c3ccccc3)[C@H](C(=O)N[C@H]3C[C@@H]3c3ccccc3)C2)cc1. The molecule has 9 heteroatoms. The van der Waals surface area contributed by atoms with Gasteiger partial charge in [-0.15, -0.1) is 0 Å². The van der Waals surface area contributed by atoms with Gasteiger partial charge in [0.1, 0.15) is 0 Å². The van der Waals surface area contributed by atoms with E-state index >= 15 is 0 Å². The molecule has 3 aromatic carbocycles. The van der Waals surface area contributed by atoms with E-state index in [0.717, 1.165) is 38.8 Å². The summed E-state index contributed by atoms with van der Waals surface area (Å²) in [5.74, 6) is -1.55. The van der Waals surface area contributed by atoms with Crippen LogP contribution in [0.15, 0.2) is 84.9 Å². The highest BCUT2D eigenvalue weighted by Crippen LogP contribution is 2.42. The van der Waals surface area contributed by atoms with Crippen LogP contribution in [-0.2, 0) is 9.59 Å². The van der Waals surface area contributed by atoms with Crippen molar-refractivity contribution in [3.63, 3.8) is 0 Å². The Kier molecular flexibility index (Phi) is 8.58. The average Bonchev–Trinajstić information content (AvgIpc) is 4.00. The number of nitrogens with zero attached hydrogens (tertiary/aromatic N) is 1. The molecular formula is C37H41N5O4. The number of hydrogen-bond donors (Lipinski definition) is 4. The van der Waals surface area contributed by atoms with Crippen LogP contribution in [-0.4, -0.2) is 72.8 Å². The van der Waals surface area contributed by atoms with Crippen LogP contribution in [0.25, 0.3) is 0 Å². The fourth-order valence-corrected chi connectivity index (χ4v) is 7.12. The summed E-state index contributed by atoms with van der Waals surface area (Å²) in [5, 5.41) is 12.7. The molecule has 46 heavy (non-hydrogen) atoms. The Morgan fingerprint density at radius 1 is 0.652 bits per heavy atom. The lowest BCUT2D eigenvalue weighted by molar-refractivity contribution is -0.133. The number of likely N-dealkylation sites (tertiary alicyclic amines) is 1. The van der Waals surface area contributed by atoms with Crippen molar-refractivity contribution in [2.75, 3.05) is 26.2 Å². The number of benzene rings is 3. The summed E-state index contributed by atoms with van der Waals surface area (Å²) in [4.78, 5) is 55.4. The molecule has 4 amide bonds. The first-order chi connectivity index (χ1) is 22.4. The van der Waals surface area contributed by atoms with Crippen LogP contribution in [0.5, 0.6) is 0 Å². The maximum absolute atomic E-state index is 13.7. The molecule has 0 aromatic heterocycles. The van der Waals surface area contributed by atoms with E-state index in [1.807, 2.05) is 36.4 Å². The molecule has 4 fully saturated rings. The van der Waals surface area contributed by atoms with E-state index in [-0.39, 0.29) is 66.7 Å². The van der Waals surface area contributed by atoms with Gasteiger partial charge in [-0.2, -0.15) is 0 Å². The molecule has 9 nitrogen and oxygen atoms in total. The van der Waals surface area contributed by atoms with Crippen molar-refractivity contribution in [1.29, 1.82) is 0 Å². The topological polar surface area (TPSA) is 120 Å².